The maximum atomic E-state index is 10.2. The van der Waals surface area contributed by atoms with Crippen molar-refractivity contribution >= 4 is 11.9 Å². The molecule has 0 fully saturated rings. The SMILES string of the molecule is C=CCOC(=O)C=C.C=COC(C)=O. The monoisotopic (exact) mass is 198 g/mol. The van der Waals surface area contributed by atoms with E-state index in [1.165, 1.54) is 13.0 Å². The molecule has 4 nitrogen and oxygen atoms in total. The Morgan fingerprint density at radius 2 is 1.86 bits per heavy atom. The van der Waals surface area contributed by atoms with E-state index in [1.54, 1.807) is 0 Å². The second-order valence-electron chi connectivity index (χ2n) is 1.90. The molecule has 0 N–H and O–H groups in total. The van der Waals surface area contributed by atoms with Crippen LogP contribution in [0.5, 0.6) is 0 Å². The molecule has 0 aliphatic rings. The number of carbonyl (C=O) groups excluding carboxylic acids is 2. The number of carbonyl (C=O) groups is 2. The van der Waals surface area contributed by atoms with Gasteiger partial charge in [-0.05, 0) is 0 Å². The maximum Gasteiger partial charge on any atom is 0.330 e. The molecule has 0 radical (unpaired) electrons. The summed E-state index contributed by atoms with van der Waals surface area (Å²) >= 11 is 0. The van der Waals surface area contributed by atoms with E-state index < -0.39 is 5.97 Å². The summed E-state index contributed by atoms with van der Waals surface area (Å²) < 4.78 is 8.63. The van der Waals surface area contributed by atoms with Crippen molar-refractivity contribution in [3.05, 3.63) is 38.2 Å². The van der Waals surface area contributed by atoms with Crippen LogP contribution in [0.1, 0.15) is 6.92 Å². The Labute approximate surface area is 83.5 Å². The van der Waals surface area contributed by atoms with Crippen LogP contribution in [-0.2, 0) is 19.1 Å². The van der Waals surface area contributed by atoms with Crippen LogP contribution in [-0.4, -0.2) is 18.5 Å². The first-order valence-corrected chi connectivity index (χ1v) is 3.76. The van der Waals surface area contributed by atoms with E-state index in [4.69, 9.17) is 0 Å². The van der Waals surface area contributed by atoms with Gasteiger partial charge in [0.25, 0.3) is 0 Å². The first kappa shape index (κ1) is 14.7. The first-order valence-electron chi connectivity index (χ1n) is 3.76. The van der Waals surface area contributed by atoms with Gasteiger partial charge in [-0.2, -0.15) is 0 Å². The second kappa shape index (κ2) is 11.2. The Bertz CT molecular complexity index is 218. The number of rotatable bonds is 4. The fraction of sp³-hybridized carbons (Fsp3) is 0.200. The summed E-state index contributed by atoms with van der Waals surface area (Å²) in [6, 6.07) is 0. The highest BCUT2D eigenvalue weighted by atomic mass is 16.5. The van der Waals surface area contributed by atoms with E-state index in [9.17, 15) is 9.59 Å². The lowest BCUT2D eigenvalue weighted by molar-refractivity contribution is -0.137. The quantitative estimate of drug-likeness (QED) is 0.298. The molecule has 0 rings (SSSR count). The van der Waals surface area contributed by atoms with Gasteiger partial charge in [-0.3, -0.25) is 4.79 Å². The average Bonchev–Trinajstić information content (AvgIpc) is 2.15. The molecule has 0 amide bonds. The Balaban J connectivity index is 0. The number of hydrogen-bond donors (Lipinski definition) is 0. The third-order valence-electron chi connectivity index (χ3n) is 0.759. The van der Waals surface area contributed by atoms with Gasteiger partial charge in [0, 0.05) is 13.0 Å². The smallest absolute Gasteiger partial charge is 0.330 e. The molecule has 0 bridgehead atoms. The van der Waals surface area contributed by atoms with E-state index in [-0.39, 0.29) is 12.6 Å². The minimum absolute atomic E-state index is 0.255. The van der Waals surface area contributed by atoms with E-state index >= 15 is 0 Å². The molecule has 78 valence electrons. The normalized spacial score (nSPS) is 7.21. The molecule has 0 unspecified atom stereocenters. The minimum atomic E-state index is -0.412. The predicted molar refractivity (Wildman–Crippen MR) is 53.3 cm³/mol. The van der Waals surface area contributed by atoms with Crippen molar-refractivity contribution < 1.29 is 19.1 Å². The molecule has 0 aliphatic heterocycles. The van der Waals surface area contributed by atoms with Crippen LogP contribution in [0.4, 0.5) is 0 Å². The Hall–Kier alpha value is -1.84. The Morgan fingerprint density at radius 3 is 2.07 bits per heavy atom. The molecule has 0 spiro atoms. The van der Waals surface area contributed by atoms with Gasteiger partial charge in [0.1, 0.15) is 6.61 Å². The molecular formula is C10H14O4. The molecular weight excluding hydrogens is 184 g/mol. The topological polar surface area (TPSA) is 52.6 Å². The van der Waals surface area contributed by atoms with Gasteiger partial charge in [0.05, 0.1) is 6.26 Å². The summed E-state index contributed by atoms with van der Waals surface area (Å²) in [7, 11) is 0. The van der Waals surface area contributed by atoms with Crippen molar-refractivity contribution in [2.24, 2.45) is 0 Å². The van der Waals surface area contributed by atoms with Gasteiger partial charge < -0.3 is 9.47 Å². The predicted octanol–water partition coefficient (Wildman–Crippen LogP) is 1.59. The summed E-state index contributed by atoms with van der Waals surface area (Å²) in [6.07, 6.45) is 3.72. The molecule has 0 atom stereocenters. The number of esters is 2. The van der Waals surface area contributed by atoms with Crippen LogP contribution < -0.4 is 0 Å². The zero-order valence-electron chi connectivity index (χ0n) is 8.19. The molecule has 0 saturated carbocycles. The van der Waals surface area contributed by atoms with E-state index in [0.29, 0.717) is 0 Å². The van der Waals surface area contributed by atoms with Crippen molar-refractivity contribution in [2.75, 3.05) is 6.61 Å². The highest BCUT2D eigenvalue weighted by molar-refractivity contribution is 5.81. The zero-order chi connectivity index (χ0) is 11.4. The third kappa shape index (κ3) is 16.6. The summed E-state index contributed by atoms with van der Waals surface area (Å²) in [5.74, 6) is -0.741. The fourth-order valence-corrected chi connectivity index (χ4v) is 0.317. The lowest BCUT2D eigenvalue weighted by Crippen LogP contribution is -1.98. The molecule has 0 aromatic rings. The third-order valence-corrected chi connectivity index (χ3v) is 0.759. The van der Waals surface area contributed by atoms with E-state index in [2.05, 4.69) is 29.2 Å². The van der Waals surface area contributed by atoms with Gasteiger partial charge >= 0.3 is 11.9 Å². The van der Waals surface area contributed by atoms with Crippen LogP contribution in [0.3, 0.4) is 0 Å². The van der Waals surface area contributed by atoms with Crippen molar-refractivity contribution in [3.63, 3.8) is 0 Å². The van der Waals surface area contributed by atoms with Crippen molar-refractivity contribution in [3.8, 4) is 0 Å². The van der Waals surface area contributed by atoms with E-state index in [0.717, 1.165) is 12.3 Å². The zero-order valence-corrected chi connectivity index (χ0v) is 8.19. The molecule has 0 heterocycles. The average molecular weight is 198 g/mol. The Morgan fingerprint density at radius 1 is 1.29 bits per heavy atom. The van der Waals surface area contributed by atoms with Crippen LogP contribution in [0, 0.1) is 0 Å². The molecule has 0 aliphatic carbocycles. The van der Waals surface area contributed by atoms with Gasteiger partial charge in [0.2, 0.25) is 0 Å². The molecule has 14 heavy (non-hydrogen) atoms. The van der Waals surface area contributed by atoms with Crippen LogP contribution in [0.2, 0.25) is 0 Å². The van der Waals surface area contributed by atoms with Gasteiger partial charge in [-0.1, -0.05) is 25.8 Å². The van der Waals surface area contributed by atoms with E-state index in [1.807, 2.05) is 0 Å². The number of ether oxygens (including phenoxy) is 2. The molecule has 0 aromatic heterocycles. The first-order chi connectivity index (χ1) is 6.58. The summed E-state index contributed by atoms with van der Waals surface area (Å²) in [6.45, 7) is 11.3. The highest BCUT2D eigenvalue weighted by Gasteiger charge is 1.87. The maximum absolute atomic E-state index is 10.2. The van der Waals surface area contributed by atoms with Crippen molar-refractivity contribution in [1.82, 2.24) is 0 Å². The van der Waals surface area contributed by atoms with Crippen molar-refractivity contribution in [2.45, 2.75) is 6.92 Å². The van der Waals surface area contributed by atoms with Crippen LogP contribution in [0.15, 0.2) is 38.2 Å². The summed E-state index contributed by atoms with van der Waals surface area (Å²) in [5, 5.41) is 0. The summed E-state index contributed by atoms with van der Waals surface area (Å²) in [5.41, 5.74) is 0. The lowest BCUT2D eigenvalue weighted by atomic mass is 10.6. The number of hydrogen-bond acceptors (Lipinski definition) is 4. The van der Waals surface area contributed by atoms with Crippen LogP contribution >= 0.6 is 0 Å². The largest absolute Gasteiger partial charge is 0.458 e. The molecule has 0 aromatic carbocycles. The van der Waals surface area contributed by atoms with Gasteiger partial charge in [0.15, 0.2) is 0 Å². The van der Waals surface area contributed by atoms with Crippen LogP contribution in [0.25, 0.3) is 0 Å². The lowest BCUT2D eigenvalue weighted by Gasteiger charge is -1.92. The Kier molecular flexibility index (Phi) is 11.7. The highest BCUT2D eigenvalue weighted by Crippen LogP contribution is 1.77. The van der Waals surface area contributed by atoms with Gasteiger partial charge in [-0.15, -0.1) is 0 Å². The standard InChI is InChI=1S/C6H8O2.C4H6O2/c1-3-5-8-6(7)4-2;1-3-6-4(2)5/h3-4H,1-2,5H2;3H,1H2,2H3. The second-order valence-corrected chi connectivity index (χ2v) is 1.90. The van der Waals surface area contributed by atoms with Gasteiger partial charge in [-0.25, -0.2) is 4.79 Å². The minimum Gasteiger partial charge on any atom is -0.458 e. The van der Waals surface area contributed by atoms with Crippen molar-refractivity contribution in [1.29, 1.82) is 0 Å². The molecule has 0 saturated heterocycles. The fourth-order valence-electron chi connectivity index (χ4n) is 0.317. The molecule has 4 heteroatoms. The summed E-state index contributed by atoms with van der Waals surface area (Å²) in [4.78, 5) is 19.9.